The van der Waals surface area contributed by atoms with Gasteiger partial charge in [0.1, 0.15) is 0 Å². The third-order valence-electron chi connectivity index (χ3n) is 2.95. The van der Waals surface area contributed by atoms with Crippen LogP contribution < -0.4 is 4.90 Å². The van der Waals surface area contributed by atoms with Crippen LogP contribution in [-0.4, -0.2) is 41.3 Å². The molecule has 0 bridgehead atoms. The average molecular weight is 256 g/mol. The van der Waals surface area contributed by atoms with Crippen LogP contribution in [0, 0.1) is 0 Å². The molecule has 2 N–H and O–H groups in total. The molecule has 2 rings (SSSR count). The Morgan fingerprint density at radius 3 is 2.41 bits per heavy atom. The maximum Gasteiger partial charge on any atom is 0.159 e. The van der Waals surface area contributed by atoms with Crippen molar-refractivity contribution in [3.8, 4) is 0 Å². The second-order valence-corrected chi connectivity index (χ2v) is 4.67. The second-order valence-electron chi connectivity index (χ2n) is 4.26. The summed E-state index contributed by atoms with van der Waals surface area (Å²) in [7, 11) is 0. The zero-order valence-corrected chi connectivity index (χ0v) is 10.2. The third kappa shape index (κ3) is 2.44. The van der Waals surface area contributed by atoms with Gasteiger partial charge in [-0.15, -0.1) is 0 Å². The molecule has 0 radical (unpaired) electrons. The topological polar surface area (TPSA) is 60.8 Å². The number of Topliss-reactive ketones (excluding diaryl/α,β-unsaturated/α-hetero) is 1. The predicted octanol–water partition coefficient (Wildman–Crippen LogP) is 1.08. The Kier molecular flexibility index (Phi) is 3.38. The number of carbonyl (C=O) groups is 1. The van der Waals surface area contributed by atoms with Crippen LogP contribution in [-0.2, 0) is 0 Å². The van der Waals surface area contributed by atoms with Crippen molar-refractivity contribution in [2.45, 2.75) is 19.1 Å². The number of aliphatic hydroxyl groups is 2. The second kappa shape index (κ2) is 4.64. The Balaban J connectivity index is 2.26. The lowest BCUT2D eigenvalue weighted by molar-refractivity contribution is 0.0572. The number of benzene rings is 1. The minimum Gasteiger partial charge on any atom is -0.389 e. The van der Waals surface area contributed by atoms with Gasteiger partial charge in [-0.25, -0.2) is 0 Å². The summed E-state index contributed by atoms with van der Waals surface area (Å²) in [6, 6.07) is 5.04. The fourth-order valence-corrected chi connectivity index (χ4v) is 2.25. The van der Waals surface area contributed by atoms with E-state index in [0.29, 0.717) is 23.7 Å². The minimum atomic E-state index is -0.751. The highest BCUT2D eigenvalue weighted by Gasteiger charge is 2.30. The predicted molar refractivity (Wildman–Crippen MR) is 65.7 cm³/mol. The van der Waals surface area contributed by atoms with E-state index in [2.05, 4.69) is 0 Å². The quantitative estimate of drug-likeness (QED) is 0.777. The summed E-state index contributed by atoms with van der Waals surface area (Å²) < 4.78 is 0. The molecule has 1 fully saturated rings. The lowest BCUT2D eigenvalue weighted by atomic mass is 10.1. The van der Waals surface area contributed by atoms with Crippen LogP contribution in [0.2, 0.25) is 5.02 Å². The molecule has 1 aromatic carbocycles. The number of hydrogen-bond donors (Lipinski definition) is 2. The number of aliphatic hydroxyl groups excluding tert-OH is 2. The molecule has 4 nitrogen and oxygen atoms in total. The average Bonchev–Trinajstić information content (AvgIpc) is 2.58. The third-order valence-corrected chi connectivity index (χ3v) is 3.26. The first-order valence-corrected chi connectivity index (χ1v) is 5.78. The van der Waals surface area contributed by atoms with Crippen molar-refractivity contribution in [2.75, 3.05) is 18.0 Å². The lowest BCUT2D eigenvalue weighted by Gasteiger charge is -2.19. The smallest absolute Gasteiger partial charge is 0.159 e. The zero-order valence-electron chi connectivity index (χ0n) is 9.43. The van der Waals surface area contributed by atoms with Crippen molar-refractivity contribution in [1.29, 1.82) is 0 Å². The molecular weight excluding hydrogens is 242 g/mol. The molecule has 1 aliphatic heterocycles. The Morgan fingerprint density at radius 1 is 1.35 bits per heavy atom. The molecule has 1 aliphatic rings. The first-order chi connectivity index (χ1) is 7.99. The fourth-order valence-electron chi connectivity index (χ4n) is 1.95. The molecule has 92 valence electrons. The van der Waals surface area contributed by atoms with E-state index in [0.717, 1.165) is 5.69 Å². The van der Waals surface area contributed by atoms with Gasteiger partial charge < -0.3 is 15.1 Å². The fraction of sp³-hybridized carbons (Fsp3) is 0.417. The first kappa shape index (κ1) is 12.4. The van der Waals surface area contributed by atoms with Gasteiger partial charge in [0, 0.05) is 18.7 Å². The monoisotopic (exact) mass is 255 g/mol. The normalized spacial score (nSPS) is 24.1. The van der Waals surface area contributed by atoms with Crippen LogP contribution in [0.3, 0.4) is 0 Å². The van der Waals surface area contributed by atoms with Gasteiger partial charge in [-0.3, -0.25) is 4.79 Å². The summed E-state index contributed by atoms with van der Waals surface area (Å²) in [6.07, 6.45) is -1.50. The van der Waals surface area contributed by atoms with E-state index >= 15 is 0 Å². The number of hydrogen-bond acceptors (Lipinski definition) is 4. The van der Waals surface area contributed by atoms with Crippen LogP contribution in [0.4, 0.5) is 5.69 Å². The molecule has 17 heavy (non-hydrogen) atoms. The Labute approximate surface area is 104 Å². The van der Waals surface area contributed by atoms with Gasteiger partial charge in [0.2, 0.25) is 0 Å². The van der Waals surface area contributed by atoms with E-state index in [1.807, 2.05) is 4.90 Å². The molecule has 0 saturated carbocycles. The molecule has 2 unspecified atom stereocenters. The molecule has 0 aromatic heterocycles. The molecule has 1 saturated heterocycles. The highest BCUT2D eigenvalue weighted by molar-refractivity contribution is 6.33. The molecule has 5 heteroatoms. The first-order valence-electron chi connectivity index (χ1n) is 5.40. The van der Waals surface area contributed by atoms with Crippen molar-refractivity contribution in [1.82, 2.24) is 0 Å². The number of anilines is 1. The van der Waals surface area contributed by atoms with Gasteiger partial charge in [0.15, 0.2) is 5.78 Å². The SMILES string of the molecule is CC(=O)c1ccc(N2CC(O)C(O)C2)c(Cl)c1. The van der Waals surface area contributed by atoms with Gasteiger partial charge in [0.25, 0.3) is 0 Å². The highest BCUT2D eigenvalue weighted by atomic mass is 35.5. The minimum absolute atomic E-state index is 0.0417. The summed E-state index contributed by atoms with van der Waals surface area (Å²) >= 11 is 6.09. The van der Waals surface area contributed by atoms with Crippen molar-refractivity contribution in [3.63, 3.8) is 0 Å². The molecular formula is C12H14ClNO3. The van der Waals surface area contributed by atoms with Gasteiger partial charge in [0.05, 0.1) is 22.9 Å². The van der Waals surface area contributed by atoms with E-state index in [-0.39, 0.29) is 5.78 Å². The number of rotatable bonds is 2. The maximum atomic E-state index is 11.2. The van der Waals surface area contributed by atoms with Gasteiger partial charge >= 0.3 is 0 Å². The number of ketones is 1. The van der Waals surface area contributed by atoms with E-state index < -0.39 is 12.2 Å². The van der Waals surface area contributed by atoms with Crippen molar-refractivity contribution >= 4 is 23.1 Å². The number of carbonyl (C=O) groups excluding carboxylic acids is 1. The van der Waals surface area contributed by atoms with E-state index in [9.17, 15) is 15.0 Å². The molecule has 0 spiro atoms. The Morgan fingerprint density at radius 2 is 1.94 bits per heavy atom. The van der Waals surface area contributed by atoms with E-state index in [4.69, 9.17) is 11.6 Å². The van der Waals surface area contributed by atoms with E-state index in [1.54, 1.807) is 18.2 Å². The molecule has 2 atom stereocenters. The van der Waals surface area contributed by atoms with Gasteiger partial charge in [-0.1, -0.05) is 11.6 Å². The molecule has 1 aromatic rings. The van der Waals surface area contributed by atoms with Gasteiger partial charge in [-0.2, -0.15) is 0 Å². The van der Waals surface area contributed by atoms with Crippen molar-refractivity contribution in [2.24, 2.45) is 0 Å². The number of β-amino-alcohol motifs (C(OH)–C–C–N with tert-alkyl or cyclic N) is 2. The standard InChI is InChI=1S/C12H14ClNO3/c1-7(15)8-2-3-10(9(13)4-8)14-5-11(16)12(17)6-14/h2-4,11-12,16-17H,5-6H2,1H3. The van der Waals surface area contributed by atoms with Gasteiger partial charge in [-0.05, 0) is 25.1 Å². The Hall–Kier alpha value is -1.10. The zero-order chi connectivity index (χ0) is 12.6. The van der Waals surface area contributed by atoms with Crippen LogP contribution in [0.5, 0.6) is 0 Å². The van der Waals surface area contributed by atoms with Crippen LogP contribution in [0.25, 0.3) is 0 Å². The van der Waals surface area contributed by atoms with Crippen LogP contribution >= 0.6 is 11.6 Å². The lowest BCUT2D eigenvalue weighted by Crippen LogP contribution is -2.22. The molecule has 0 aliphatic carbocycles. The summed E-state index contributed by atoms with van der Waals surface area (Å²) in [5.41, 5.74) is 1.28. The molecule has 1 heterocycles. The van der Waals surface area contributed by atoms with Crippen molar-refractivity contribution < 1.29 is 15.0 Å². The number of halogens is 1. The van der Waals surface area contributed by atoms with E-state index in [1.165, 1.54) is 6.92 Å². The van der Waals surface area contributed by atoms with Crippen molar-refractivity contribution in [3.05, 3.63) is 28.8 Å². The summed E-state index contributed by atoms with van der Waals surface area (Å²) in [5, 5.41) is 19.4. The Bertz CT molecular complexity index is 439. The largest absolute Gasteiger partial charge is 0.389 e. The molecule has 0 amide bonds. The highest BCUT2D eigenvalue weighted by Crippen LogP contribution is 2.29. The number of nitrogens with zero attached hydrogens (tertiary/aromatic N) is 1. The summed E-state index contributed by atoms with van der Waals surface area (Å²) in [6.45, 7) is 2.18. The summed E-state index contributed by atoms with van der Waals surface area (Å²) in [5.74, 6) is -0.0417. The summed E-state index contributed by atoms with van der Waals surface area (Å²) in [4.78, 5) is 13.0. The van der Waals surface area contributed by atoms with Crippen LogP contribution in [0.15, 0.2) is 18.2 Å². The van der Waals surface area contributed by atoms with Crippen LogP contribution in [0.1, 0.15) is 17.3 Å². The maximum absolute atomic E-state index is 11.2.